The first kappa shape index (κ1) is 25.9. The highest BCUT2D eigenvalue weighted by atomic mass is 14.9. The van der Waals surface area contributed by atoms with Crippen LogP contribution < -0.4 is 5.32 Å². The molecule has 3 aromatic rings. The van der Waals surface area contributed by atoms with Gasteiger partial charge in [-0.3, -0.25) is 0 Å². The fraction of sp³-hybridized carbons (Fsp3) is 0.467. The van der Waals surface area contributed by atoms with Gasteiger partial charge in [0.2, 0.25) is 0 Å². The molecule has 2 heteroatoms. The van der Waals surface area contributed by atoms with Gasteiger partial charge in [0, 0.05) is 28.6 Å². The largest absolute Gasteiger partial charge is 0.355 e. The summed E-state index contributed by atoms with van der Waals surface area (Å²) in [4.78, 5) is 3.39. The van der Waals surface area contributed by atoms with Gasteiger partial charge in [0.15, 0.2) is 0 Å². The standard InChI is InChI=1S/C21H22N2.C7H16.C2H6/c1-2-19-13-17-12-18(8-9-20(17)23-19)21(10-11-22-15-21)14-16-6-4-3-5-7-16;1-5-6-7(2,3)4;1-2/h2-9,12-13,22-23H,1,10-11,14-15H2;5-6H2,1-4H3;1-2H3. The maximum atomic E-state index is 3.85. The van der Waals surface area contributed by atoms with Crippen LogP contribution in [0.1, 0.15) is 77.6 Å². The first-order valence-electron chi connectivity index (χ1n) is 12.4. The molecule has 0 amide bonds. The minimum Gasteiger partial charge on any atom is -0.355 e. The molecular weight excluding hydrogens is 388 g/mol. The molecule has 32 heavy (non-hydrogen) atoms. The molecule has 0 saturated carbocycles. The molecule has 1 aliphatic rings. The highest BCUT2D eigenvalue weighted by molar-refractivity contribution is 5.83. The molecule has 2 nitrogen and oxygen atoms in total. The number of aromatic amines is 1. The van der Waals surface area contributed by atoms with Crippen molar-refractivity contribution >= 4 is 17.0 Å². The average Bonchev–Trinajstić information content (AvgIpc) is 3.42. The second-order valence-corrected chi connectivity index (χ2v) is 9.91. The monoisotopic (exact) mass is 432 g/mol. The maximum Gasteiger partial charge on any atom is 0.0458 e. The third-order valence-electron chi connectivity index (χ3n) is 6.10. The van der Waals surface area contributed by atoms with Gasteiger partial charge >= 0.3 is 0 Å². The van der Waals surface area contributed by atoms with Gasteiger partial charge in [-0.2, -0.15) is 0 Å². The normalized spacial score (nSPS) is 17.8. The van der Waals surface area contributed by atoms with Crippen molar-refractivity contribution in [2.45, 2.75) is 72.6 Å². The lowest BCUT2D eigenvalue weighted by Crippen LogP contribution is -2.31. The van der Waals surface area contributed by atoms with E-state index in [0.29, 0.717) is 5.41 Å². The van der Waals surface area contributed by atoms with E-state index in [-0.39, 0.29) is 5.41 Å². The predicted octanol–water partition coefficient (Wildman–Crippen LogP) is 8.14. The van der Waals surface area contributed by atoms with Gasteiger partial charge in [0.25, 0.3) is 0 Å². The Bertz CT molecular complexity index is 938. The highest BCUT2D eigenvalue weighted by Gasteiger charge is 2.35. The smallest absolute Gasteiger partial charge is 0.0458 e. The van der Waals surface area contributed by atoms with Crippen molar-refractivity contribution in [1.82, 2.24) is 10.3 Å². The van der Waals surface area contributed by atoms with Gasteiger partial charge in [-0.15, -0.1) is 0 Å². The lowest BCUT2D eigenvalue weighted by Gasteiger charge is -2.29. The van der Waals surface area contributed by atoms with Crippen LogP contribution in [-0.4, -0.2) is 18.1 Å². The molecule has 2 N–H and O–H groups in total. The van der Waals surface area contributed by atoms with Crippen LogP contribution in [0.25, 0.3) is 17.0 Å². The Labute approximate surface area is 196 Å². The molecule has 174 valence electrons. The van der Waals surface area contributed by atoms with Gasteiger partial charge in [0.05, 0.1) is 0 Å². The van der Waals surface area contributed by atoms with Crippen LogP contribution in [0.15, 0.2) is 61.2 Å². The first-order valence-corrected chi connectivity index (χ1v) is 12.4. The summed E-state index contributed by atoms with van der Waals surface area (Å²) in [7, 11) is 0. The molecule has 4 rings (SSSR count). The zero-order valence-electron chi connectivity index (χ0n) is 21.2. The molecule has 2 aromatic carbocycles. The van der Waals surface area contributed by atoms with Crippen molar-refractivity contribution in [3.8, 4) is 0 Å². The van der Waals surface area contributed by atoms with Crippen molar-refractivity contribution in [2.24, 2.45) is 5.41 Å². The summed E-state index contributed by atoms with van der Waals surface area (Å²) in [6.45, 7) is 19.0. The number of aromatic nitrogens is 1. The van der Waals surface area contributed by atoms with Gasteiger partial charge < -0.3 is 10.3 Å². The number of rotatable bonds is 5. The van der Waals surface area contributed by atoms with Gasteiger partial charge in [0.1, 0.15) is 0 Å². The zero-order chi connectivity index (χ0) is 23.6. The van der Waals surface area contributed by atoms with Crippen LogP contribution in [0, 0.1) is 5.41 Å². The van der Waals surface area contributed by atoms with Crippen molar-refractivity contribution in [1.29, 1.82) is 0 Å². The molecule has 1 unspecified atom stereocenters. The number of benzene rings is 2. The third-order valence-corrected chi connectivity index (χ3v) is 6.10. The minimum absolute atomic E-state index is 0.196. The van der Waals surface area contributed by atoms with Gasteiger partial charge in [-0.1, -0.05) is 90.9 Å². The Kier molecular flexibility index (Phi) is 9.78. The van der Waals surface area contributed by atoms with Gasteiger partial charge in [-0.05, 0) is 66.6 Å². The number of nitrogens with one attached hydrogen (secondary N) is 2. The summed E-state index contributed by atoms with van der Waals surface area (Å²) in [6.07, 6.45) is 6.80. The third kappa shape index (κ3) is 7.10. The van der Waals surface area contributed by atoms with E-state index in [0.717, 1.165) is 25.2 Å². The number of hydrogen-bond acceptors (Lipinski definition) is 1. The van der Waals surface area contributed by atoms with Crippen LogP contribution in [0.4, 0.5) is 0 Å². The highest BCUT2D eigenvalue weighted by Crippen LogP contribution is 2.36. The van der Waals surface area contributed by atoms with Crippen molar-refractivity contribution < 1.29 is 0 Å². The Morgan fingerprint density at radius 1 is 1.03 bits per heavy atom. The van der Waals surface area contributed by atoms with E-state index in [1.807, 2.05) is 19.9 Å². The van der Waals surface area contributed by atoms with Crippen LogP contribution >= 0.6 is 0 Å². The predicted molar refractivity (Wildman–Crippen MR) is 143 cm³/mol. The summed E-state index contributed by atoms with van der Waals surface area (Å²) < 4.78 is 0. The molecule has 1 saturated heterocycles. The summed E-state index contributed by atoms with van der Waals surface area (Å²) in [6, 6.07) is 19.9. The van der Waals surface area contributed by atoms with E-state index < -0.39 is 0 Å². The molecular formula is C30H44N2. The van der Waals surface area contributed by atoms with Crippen molar-refractivity contribution in [3.05, 3.63) is 78.0 Å². The Morgan fingerprint density at radius 2 is 1.75 bits per heavy atom. The van der Waals surface area contributed by atoms with E-state index in [1.54, 1.807) is 0 Å². The van der Waals surface area contributed by atoms with Crippen LogP contribution in [0.2, 0.25) is 0 Å². The molecule has 0 radical (unpaired) electrons. The number of hydrogen-bond donors (Lipinski definition) is 2. The number of H-pyrrole nitrogens is 1. The van der Waals surface area contributed by atoms with E-state index in [4.69, 9.17) is 0 Å². The molecule has 0 aliphatic carbocycles. The summed E-state index contributed by atoms with van der Waals surface area (Å²) in [5.41, 5.74) is 5.87. The Morgan fingerprint density at radius 3 is 2.28 bits per heavy atom. The SMILES string of the molecule is C=Cc1cc2cc(C3(Cc4ccccc4)CCNC3)ccc2[nH]1.CC.CCCC(C)(C)C. The summed E-state index contributed by atoms with van der Waals surface area (Å²) >= 11 is 0. The minimum atomic E-state index is 0.196. The van der Waals surface area contributed by atoms with Crippen molar-refractivity contribution in [2.75, 3.05) is 13.1 Å². The van der Waals surface area contributed by atoms with Crippen molar-refractivity contribution in [3.63, 3.8) is 0 Å². The van der Waals surface area contributed by atoms with E-state index in [9.17, 15) is 0 Å². The molecule has 0 bridgehead atoms. The zero-order valence-corrected chi connectivity index (χ0v) is 21.2. The number of fused-ring (bicyclic) bond motifs is 1. The molecule has 1 aromatic heterocycles. The second kappa shape index (κ2) is 12.1. The Hall–Kier alpha value is -2.32. The van der Waals surface area contributed by atoms with Crippen LogP contribution in [-0.2, 0) is 11.8 Å². The van der Waals surface area contributed by atoms with E-state index in [2.05, 4.69) is 99.2 Å². The lowest BCUT2D eigenvalue weighted by molar-refractivity contribution is 0.373. The second-order valence-electron chi connectivity index (χ2n) is 9.91. The fourth-order valence-corrected chi connectivity index (χ4v) is 4.57. The molecule has 2 heterocycles. The van der Waals surface area contributed by atoms with E-state index >= 15 is 0 Å². The first-order chi connectivity index (χ1) is 15.3. The van der Waals surface area contributed by atoms with Crippen LogP contribution in [0.3, 0.4) is 0 Å². The molecule has 1 atom stereocenters. The van der Waals surface area contributed by atoms with Crippen LogP contribution in [0.5, 0.6) is 0 Å². The molecule has 0 spiro atoms. The average molecular weight is 433 g/mol. The van der Waals surface area contributed by atoms with E-state index in [1.165, 1.54) is 41.3 Å². The topological polar surface area (TPSA) is 27.8 Å². The Balaban J connectivity index is 0.000000348. The van der Waals surface area contributed by atoms with Gasteiger partial charge in [-0.25, -0.2) is 0 Å². The fourth-order valence-electron chi connectivity index (χ4n) is 4.57. The summed E-state index contributed by atoms with van der Waals surface area (Å²) in [5, 5.41) is 4.85. The molecule has 1 fully saturated rings. The maximum absolute atomic E-state index is 3.85. The quantitative estimate of drug-likeness (QED) is 0.418. The summed E-state index contributed by atoms with van der Waals surface area (Å²) in [5.74, 6) is 0. The molecule has 1 aliphatic heterocycles. The lowest BCUT2D eigenvalue weighted by atomic mass is 9.74.